The average Bonchev–Trinajstić information content (AvgIpc) is 2.90. The van der Waals surface area contributed by atoms with Gasteiger partial charge in [-0.05, 0) is 67.9 Å². The molecule has 9 nitrogen and oxygen atoms in total. The largest absolute Gasteiger partial charge is 0.469 e. The third kappa shape index (κ3) is 6.33. The van der Waals surface area contributed by atoms with Crippen LogP contribution < -0.4 is 11.3 Å². The number of piperidine rings is 1. The van der Waals surface area contributed by atoms with Gasteiger partial charge in [0.2, 0.25) is 5.56 Å². The first-order valence-electron chi connectivity index (χ1n) is 12.6. The molecule has 194 valence electrons. The number of hydrogen-bond acceptors (Lipinski definition) is 5. The van der Waals surface area contributed by atoms with E-state index in [-0.39, 0.29) is 35.4 Å². The zero-order valence-electron chi connectivity index (χ0n) is 21.3. The molecule has 2 aromatic rings. The van der Waals surface area contributed by atoms with Crippen LogP contribution in [0.15, 0.2) is 47.4 Å². The molecule has 1 aromatic carbocycles. The number of ether oxygens (including phenoxy) is 1. The molecule has 9 heteroatoms. The number of hydrogen-bond donors (Lipinski definition) is 3. The fourth-order valence-electron chi connectivity index (χ4n) is 5.21. The molecule has 36 heavy (non-hydrogen) atoms. The number of carbonyl (C=O) groups excluding carboxylic acids is 2. The van der Waals surface area contributed by atoms with Gasteiger partial charge in [-0.1, -0.05) is 19.1 Å². The number of nitrogens with zero attached hydrogens (tertiary/aromatic N) is 2. The number of methoxy groups -OCH3 is 1. The summed E-state index contributed by atoms with van der Waals surface area (Å²) < 4.78 is 5.18. The highest BCUT2D eigenvalue weighted by Crippen LogP contribution is 2.30. The maximum absolute atomic E-state index is 13.6. The number of nitrogens with one attached hydrogen (secondary N) is 2. The third-order valence-corrected chi connectivity index (χ3v) is 7.08. The second kappa shape index (κ2) is 12.4. The van der Waals surface area contributed by atoms with Crippen LogP contribution in [-0.2, 0) is 9.53 Å². The van der Waals surface area contributed by atoms with Crippen molar-refractivity contribution in [2.24, 2.45) is 17.6 Å². The monoisotopic (exact) mass is 495 g/mol. The lowest BCUT2D eigenvalue weighted by molar-refractivity contribution is -0.148. The van der Waals surface area contributed by atoms with Crippen LogP contribution in [0.3, 0.4) is 0 Å². The van der Waals surface area contributed by atoms with Crippen molar-refractivity contribution >= 4 is 17.8 Å². The number of carbonyl (C=O) groups is 2. The van der Waals surface area contributed by atoms with Gasteiger partial charge >= 0.3 is 5.97 Å². The van der Waals surface area contributed by atoms with Gasteiger partial charge in [0, 0.05) is 43.5 Å². The van der Waals surface area contributed by atoms with Gasteiger partial charge in [0.1, 0.15) is 0 Å². The number of nitrogens with two attached hydrogens (primary N) is 1. The molecule has 0 aliphatic carbocycles. The first-order chi connectivity index (χ1) is 17.3. The Balaban J connectivity index is 1.81. The molecule has 0 radical (unpaired) electrons. The Morgan fingerprint density at radius 3 is 2.44 bits per heavy atom. The molecule has 2 heterocycles. The van der Waals surface area contributed by atoms with Crippen molar-refractivity contribution in [3.05, 3.63) is 58.5 Å². The Morgan fingerprint density at radius 1 is 1.19 bits per heavy atom. The Bertz CT molecular complexity index is 1090. The predicted octanol–water partition coefficient (Wildman–Crippen LogP) is 3.07. The van der Waals surface area contributed by atoms with Crippen molar-refractivity contribution in [2.75, 3.05) is 26.7 Å². The van der Waals surface area contributed by atoms with Crippen molar-refractivity contribution < 1.29 is 14.3 Å². The van der Waals surface area contributed by atoms with Gasteiger partial charge in [0.15, 0.2) is 5.96 Å². The van der Waals surface area contributed by atoms with Crippen LogP contribution in [-0.4, -0.2) is 65.4 Å². The topological polar surface area (TPSA) is 133 Å². The van der Waals surface area contributed by atoms with E-state index in [1.54, 1.807) is 29.3 Å². The Hall–Kier alpha value is -3.62. The number of guanidine groups is 1. The first-order valence-corrected chi connectivity index (χ1v) is 12.6. The molecule has 0 bridgehead atoms. The molecule has 0 spiro atoms. The maximum atomic E-state index is 13.6. The molecule has 1 aliphatic rings. The van der Waals surface area contributed by atoms with Crippen LogP contribution in [0.2, 0.25) is 0 Å². The zero-order chi connectivity index (χ0) is 26.2. The lowest BCUT2D eigenvalue weighted by atomic mass is 9.83. The molecule has 1 aromatic heterocycles. The normalized spacial score (nSPS) is 17.2. The van der Waals surface area contributed by atoms with E-state index < -0.39 is 5.92 Å². The molecule has 4 N–H and O–H groups in total. The maximum Gasteiger partial charge on any atom is 0.310 e. The van der Waals surface area contributed by atoms with E-state index in [0.29, 0.717) is 31.5 Å². The van der Waals surface area contributed by atoms with Gasteiger partial charge in [-0.2, -0.15) is 0 Å². The molecule has 3 atom stereocenters. The summed E-state index contributed by atoms with van der Waals surface area (Å²) >= 11 is 0. The summed E-state index contributed by atoms with van der Waals surface area (Å²) in [6.07, 6.45) is 4.68. The van der Waals surface area contributed by atoms with Gasteiger partial charge in [0.25, 0.3) is 5.91 Å². The molecule has 1 aliphatic heterocycles. The zero-order valence-corrected chi connectivity index (χ0v) is 21.3. The van der Waals surface area contributed by atoms with Gasteiger partial charge in [0.05, 0.1) is 13.0 Å². The summed E-state index contributed by atoms with van der Waals surface area (Å²) in [5.41, 5.74) is 7.81. The van der Waals surface area contributed by atoms with E-state index in [2.05, 4.69) is 4.98 Å². The third-order valence-electron chi connectivity index (χ3n) is 7.08. The van der Waals surface area contributed by atoms with Crippen LogP contribution in [0.5, 0.6) is 0 Å². The highest BCUT2D eigenvalue weighted by Gasteiger charge is 2.37. The molecule has 1 saturated heterocycles. The van der Waals surface area contributed by atoms with E-state index >= 15 is 0 Å². The Morgan fingerprint density at radius 2 is 1.89 bits per heavy atom. The van der Waals surface area contributed by atoms with Crippen LogP contribution in [0.4, 0.5) is 0 Å². The van der Waals surface area contributed by atoms with Gasteiger partial charge in [-0.25, -0.2) is 0 Å². The number of likely N-dealkylation sites (tertiary alicyclic amines) is 1. The highest BCUT2D eigenvalue weighted by molar-refractivity contribution is 5.95. The number of pyridine rings is 1. The summed E-state index contributed by atoms with van der Waals surface area (Å²) in [6.45, 7) is 5.74. The molecule has 0 saturated carbocycles. The number of H-pyrrole nitrogens is 1. The minimum atomic E-state index is -0.471. The van der Waals surface area contributed by atoms with Crippen molar-refractivity contribution in [1.82, 2.24) is 14.8 Å². The minimum Gasteiger partial charge on any atom is -0.469 e. The summed E-state index contributed by atoms with van der Waals surface area (Å²) in [4.78, 5) is 44.1. The molecule has 1 amide bonds. The Kier molecular flexibility index (Phi) is 9.27. The number of aromatic amines is 1. The SMILES string of the molecule is CCC(C(CC1CCCN(C(=N)N)C1)C(=O)OC)N(CC)C(=O)c1ccc(-c2ccc(=O)[nH]c2)cc1. The number of aromatic nitrogens is 1. The molecule has 3 rings (SSSR count). The van der Waals surface area contributed by atoms with E-state index in [1.807, 2.05) is 30.9 Å². The summed E-state index contributed by atoms with van der Waals surface area (Å²) in [7, 11) is 1.39. The number of benzene rings is 1. The van der Waals surface area contributed by atoms with Crippen molar-refractivity contribution in [2.45, 2.75) is 45.6 Å². The minimum absolute atomic E-state index is 0.0528. The highest BCUT2D eigenvalue weighted by atomic mass is 16.5. The molecule has 3 unspecified atom stereocenters. The Labute approximate surface area is 212 Å². The van der Waals surface area contributed by atoms with Gasteiger partial charge in [-0.3, -0.25) is 19.8 Å². The van der Waals surface area contributed by atoms with Gasteiger partial charge in [-0.15, -0.1) is 0 Å². The smallest absolute Gasteiger partial charge is 0.310 e. The standard InChI is InChI=1S/C27H37N5O4/c1-4-23(22(26(35)36-3)15-18-7-6-14-31(17-18)27(28)29)32(5-2)25(34)20-10-8-19(9-11-20)21-12-13-24(33)30-16-21/h8-13,16,18,22-23H,4-7,14-15,17H2,1-3H3,(H3,28,29)(H,30,33). The van der Waals surface area contributed by atoms with Crippen molar-refractivity contribution in [1.29, 1.82) is 5.41 Å². The second-order valence-electron chi connectivity index (χ2n) is 9.29. The fraction of sp³-hybridized carbons (Fsp3) is 0.481. The van der Waals surface area contributed by atoms with Crippen LogP contribution in [0.1, 0.15) is 49.9 Å². The van der Waals surface area contributed by atoms with Crippen LogP contribution >= 0.6 is 0 Å². The van der Waals surface area contributed by atoms with E-state index in [9.17, 15) is 14.4 Å². The summed E-state index contributed by atoms with van der Waals surface area (Å²) in [6, 6.07) is 10.1. The van der Waals surface area contributed by atoms with Gasteiger partial charge < -0.3 is 25.3 Å². The van der Waals surface area contributed by atoms with Crippen LogP contribution in [0.25, 0.3) is 11.1 Å². The number of rotatable bonds is 9. The summed E-state index contributed by atoms with van der Waals surface area (Å²) in [5.74, 6) is -0.689. The summed E-state index contributed by atoms with van der Waals surface area (Å²) in [5, 5.41) is 7.78. The fourth-order valence-corrected chi connectivity index (χ4v) is 5.21. The predicted molar refractivity (Wildman–Crippen MR) is 140 cm³/mol. The van der Waals surface area contributed by atoms with Crippen molar-refractivity contribution in [3.63, 3.8) is 0 Å². The van der Waals surface area contributed by atoms with Crippen molar-refractivity contribution in [3.8, 4) is 11.1 Å². The van der Waals surface area contributed by atoms with E-state index in [0.717, 1.165) is 30.5 Å². The lowest BCUT2D eigenvalue weighted by Crippen LogP contribution is -2.49. The van der Waals surface area contributed by atoms with E-state index in [4.69, 9.17) is 15.9 Å². The molecule has 1 fully saturated rings. The quantitative estimate of drug-likeness (QED) is 0.278. The van der Waals surface area contributed by atoms with Crippen LogP contribution in [0, 0.1) is 17.2 Å². The molecular formula is C27H37N5O4. The lowest BCUT2D eigenvalue weighted by Gasteiger charge is -2.39. The number of esters is 1. The van der Waals surface area contributed by atoms with E-state index in [1.165, 1.54) is 13.2 Å². The number of amides is 1. The second-order valence-corrected chi connectivity index (χ2v) is 9.29. The molecular weight excluding hydrogens is 458 g/mol. The first kappa shape index (κ1) is 27.0. The average molecular weight is 496 g/mol.